The van der Waals surface area contributed by atoms with Crippen molar-refractivity contribution in [3.63, 3.8) is 0 Å². The molecule has 2 rings (SSSR count). The zero-order valence-corrected chi connectivity index (χ0v) is 6.99. The molecular weight excluding hydrogens is 164 g/mol. The maximum atomic E-state index is 11.3. The Morgan fingerprint density at radius 3 is 2.92 bits per heavy atom. The van der Waals surface area contributed by atoms with Crippen LogP contribution in [0, 0.1) is 0 Å². The Hall–Kier alpha value is -1.83. The van der Waals surface area contributed by atoms with E-state index in [9.17, 15) is 4.79 Å². The molecule has 1 aromatic carbocycles. The van der Waals surface area contributed by atoms with E-state index in [1.165, 1.54) is 12.3 Å². The van der Waals surface area contributed by atoms with E-state index in [1.807, 2.05) is 24.3 Å². The highest BCUT2D eigenvalue weighted by Crippen LogP contribution is 2.20. The number of fused-ring (bicyclic) bond motifs is 1. The summed E-state index contributed by atoms with van der Waals surface area (Å²) in [5.74, 6) is -0.107. The van der Waals surface area contributed by atoms with Gasteiger partial charge in [0.15, 0.2) is 5.78 Å². The number of furan rings is 1. The first kappa shape index (κ1) is 7.80. The summed E-state index contributed by atoms with van der Waals surface area (Å²) in [6.45, 7) is 3.43. The van der Waals surface area contributed by atoms with Crippen LogP contribution in [0.5, 0.6) is 0 Å². The number of hydrogen-bond acceptors (Lipinski definition) is 2. The van der Waals surface area contributed by atoms with Crippen molar-refractivity contribution in [2.24, 2.45) is 0 Å². The Labute approximate surface area is 75.5 Å². The number of carbonyl (C=O) groups excluding carboxylic acids is 1. The standard InChI is InChI=1S/C11H8O2/c1-2-10(12)9-7-13-11-6-4-3-5-8(9)11/h2-7H,1H2. The van der Waals surface area contributed by atoms with Crippen LogP contribution in [0.15, 0.2) is 47.6 Å². The van der Waals surface area contributed by atoms with E-state index in [-0.39, 0.29) is 5.78 Å². The van der Waals surface area contributed by atoms with E-state index < -0.39 is 0 Å². The van der Waals surface area contributed by atoms with Crippen LogP contribution in [0.3, 0.4) is 0 Å². The molecule has 0 fully saturated rings. The highest BCUT2D eigenvalue weighted by Gasteiger charge is 2.09. The van der Waals surface area contributed by atoms with E-state index in [0.717, 1.165) is 11.0 Å². The van der Waals surface area contributed by atoms with Crippen molar-refractivity contribution < 1.29 is 9.21 Å². The van der Waals surface area contributed by atoms with Crippen molar-refractivity contribution in [3.8, 4) is 0 Å². The molecule has 2 heteroatoms. The van der Waals surface area contributed by atoms with Crippen molar-refractivity contribution >= 4 is 16.8 Å². The molecule has 1 aromatic heterocycles. The fourth-order valence-corrected chi connectivity index (χ4v) is 1.28. The summed E-state index contributed by atoms with van der Waals surface area (Å²) in [5.41, 5.74) is 1.30. The zero-order chi connectivity index (χ0) is 9.26. The molecule has 0 atom stereocenters. The van der Waals surface area contributed by atoms with E-state index >= 15 is 0 Å². The summed E-state index contributed by atoms with van der Waals surface area (Å²) >= 11 is 0. The second-order valence-electron chi connectivity index (χ2n) is 2.71. The van der Waals surface area contributed by atoms with Crippen molar-refractivity contribution in [2.45, 2.75) is 0 Å². The van der Waals surface area contributed by atoms with Gasteiger partial charge >= 0.3 is 0 Å². The normalized spacial score (nSPS) is 10.2. The van der Waals surface area contributed by atoms with Crippen LogP contribution >= 0.6 is 0 Å². The maximum Gasteiger partial charge on any atom is 0.189 e. The van der Waals surface area contributed by atoms with Gasteiger partial charge in [-0.25, -0.2) is 0 Å². The minimum Gasteiger partial charge on any atom is -0.464 e. The lowest BCUT2D eigenvalue weighted by Gasteiger charge is -1.89. The van der Waals surface area contributed by atoms with E-state index in [2.05, 4.69) is 6.58 Å². The van der Waals surface area contributed by atoms with Crippen LogP contribution in [0.2, 0.25) is 0 Å². The second-order valence-corrected chi connectivity index (χ2v) is 2.71. The first-order valence-corrected chi connectivity index (χ1v) is 3.96. The topological polar surface area (TPSA) is 30.2 Å². The molecule has 64 valence electrons. The number of benzene rings is 1. The number of carbonyl (C=O) groups is 1. The summed E-state index contributed by atoms with van der Waals surface area (Å²) in [5, 5.41) is 0.840. The molecule has 0 N–H and O–H groups in total. The van der Waals surface area contributed by atoms with Gasteiger partial charge in [0.2, 0.25) is 0 Å². The zero-order valence-electron chi connectivity index (χ0n) is 6.99. The third-order valence-electron chi connectivity index (χ3n) is 1.93. The molecule has 0 amide bonds. The number of ketones is 1. The Bertz CT molecular complexity index is 466. The van der Waals surface area contributed by atoms with Gasteiger partial charge in [-0.15, -0.1) is 0 Å². The fourth-order valence-electron chi connectivity index (χ4n) is 1.28. The van der Waals surface area contributed by atoms with Crippen molar-refractivity contribution in [2.75, 3.05) is 0 Å². The first-order valence-electron chi connectivity index (χ1n) is 3.96. The smallest absolute Gasteiger partial charge is 0.189 e. The summed E-state index contributed by atoms with van der Waals surface area (Å²) in [4.78, 5) is 11.3. The van der Waals surface area contributed by atoms with Gasteiger partial charge in [0.1, 0.15) is 11.8 Å². The number of allylic oxidation sites excluding steroid dienone is 1. The Morgan fingerprint density at radius 2 is 2.15 bits per heavy atom. The van der Waals surface area contributed by atoms with Crippen molar-refractivity contribution in [3.05, 3.63) is 48.7 Å². The average Bonchev–Trinajstić information content (AvgIpc) is 2.60. The Morgan fingerprint density at radius 1 is 1.38 bits per heavy atom. The number of para-hydroxylation sites is 1. The fraction of sp³-hybridized carbons (Fsp3) is 0. The summed E-state index contributed by atoms with van der Waals surface area (Å²) in [6, 6.07) is 7.43. The highest BCUT2D eigenvalue weighted by atomic mass is 16.3. The SMILES string of the molecule is C=CC(=O)c1coc2ccccc12. The Balaban J connectivity index is 2.71. The van der Waals surface area contributed by atoms with Gasteiger partial charge in [-0.1, -0.05) is 24.8 Å². The largest absolute Gasteiger partial charge is 0.464 e. The number of hydrogen-bond donors (Lipinski definition) is 0. The molecule has 0 radical (unpaired) electrons. The summed E-state index contributed by atoms with van der Waals surface area (Å²) < 4.78 is 5.20. The lowest BCUT2D eigenvalue weighted by molar-refractivity contribution is 0.104. The molecular formula is C11H8O2. The van der Waals surface area contributed by atoms with E-state index in [1.54, 1.807) is 0 Å². The van der Waals surface area contributed by atoms with Crippen LogP contribution in [0.25, 0.3) is 11.0 Å². The molecule has 0 aliphatic carbocycles. The molecule has 13 heavy (non-hydrogen) atoms. The monoisotopic (exact) mass is 172 g/mol. The number of rotatable bonds is 2. The molecule has 2 aromatic rings. The first-order chi connectivity index (χ1) is 6.33. The molecule has 2 nitrogen and oxygen atoms in total. The van der Waals surface area contributed by atoms with Crippen LogP contribution in [-0.4, -0.2) is 5.78 Å². The van der Waals surface area contributed by atoms with E-state index in [4.69, 9.17) is 4.42 Å². The van der Waals surface area contributed by atoms with Crippen LogP contribution in [-0.2, 0) is 0 Å². The third kappa shape index (κ3) is 1.16. The molecule has 0 saturated heterocycles. The molecule has 0 spiro atoms. The minimum atomic E-state index is -0.107. The lowest BCUT2D eigenvalue weighted by atomic mass is 10.1. The predicted octanol–water partition coefficient (Wildman–Crippen LogP) is 2.80. The van der Waals surface area contributed by atoms with Gasteiger partial charge in [-0.3, -0.25) is 4.79 Å². The maximum absolute atomic E-state index is 11.3. The molecule has 1 heterocycles. The van der Waals surface area contributed by atoms with Crippen molar-refractivity contribution in [1.29, 1.82) is 0 Å². The van der Waals surface area contributed by atoms with Gasteiger partial charge < -0.3 is 4.42 Å². The van der Waals surface area contributed by atoms with E-state index in [0.29, 0.717) is 5.56 Å². The Kier molecular flexibility index (Phi) is 1.74. The molecule has 0 aliphatic heterocycles. The van der Waals surface area contributed by atoms with Gasteiger partial charge in [0.25, 0.3) is 0 Å². The van der Waals surface area contributed by atoms with Gasteiger partial charge in [0, 0.05) is 5.39 Å². The summed E-state index contributed by atoms with van der Waals surface area (Å²) in [6.07, 6.45) is 2.76. The highest BCUT2D eigenvalue weighted by molar-refractivity contribution is 6.12. The van der Waals surface area contributed by atoms with Crippen LogP contribution in [0.4, 0.5) is 0 Å². The van der Waals surface area contributed by atoms with Gasteiger partial charge in [-0.2, -0.15) is 0 Å². The second kappa shape index (κ2) is 2.90. The van der Waals surface area contributed by atoms with Gasteiger partial charge in [-0.05, 0) is 12.1 Å². The van der Waals surface area contributed by atoms with Crippen molar-refractivity contribution in [1.82, 2.24) is 0 Å². The lowest BCUT2D eigenvalue weighted by Crippen LogP contribution is -1.90. The third-order valence-corrected chi connectivity index (χ3v) is 1.93. The molecule has 0 aliphatic rings. The molecule has 0 bridgehead atoms. The summed E-state index contributed by atoms with van der Waals surface area (Å²) in [7, 11) is 0. The quantitative estimate of drug-likeness (QED) is 0.515. The average molecular weight is 172 g/mol. The predicted molar refractivity (Wildman–Crippen MR) is 50.7 cm³/mol. The van der Waals surface area contributed by atoms with Crippen LogP contribution in [0.1, 0.15) is 10.4 Å². The minimum absolute atomic E-state index is 0.107. The molecule has 0 saturated carbocycles. The van der Waals surface area contributed by atoms with Crippen LogP contribution < -0.4 is 0 Å². The van der Waals surface area contributed by atoms with Gasteiger partial charge in [0.05, 0.1) is 5.56 Å². The molecule has 0 unspecified atom stereocenters.